The van der Waals surface area contributed by atoms with Gasteiger partial charge in [-0.05, 0) is 23.8 Å². The van der Waals surface area contributed by atoms with Crippen molar-refractivity contribution in [3.63, 3.8) is 0 Å². The lowest BCUT2D eigenvalue weighted by atomic mass is 10.1. The van der Waals surface area contributed by atoms with Crippen LogP contribution < -0.4 is 5.73 Å². The third-order valence-corrected chi connectivity index (χ3v) is 1.95. The molecule has 0 spiro atoms. The van der Waals surface area contributed by atoms with Crippen LogP contribution >= 0.6 is 23.2 Å². The summed E-state index contributed by atoms with van der Waals surface area (Å²) >= 11 is 11.3. The van der Waals surface area contributed by atoms with Crippen LogP contribution in [0.1, 0.15) is 11.6 Å². The number of benzene rings is 1. The number of carbonyl (C=O) groups is 1. The van der Waals surface area contributed by atoms with Gasteiger partial charge in [0, 0.05) is 10.0 Å². The van der Waals surface area contributed by atoms with Gasteiger partial charge >= 0.3 is 5.97 Å². The van der Waals surface area contributed by atoms with E-state index < -0.39 is 12.0 Å². The maximum Gasteiger partial charge on any atom is 0.325 e. The molecule has 0 aliphatic rings. The van der Waals surface area contributed by atoms with Crippen LogP contribution in [-0.4, -0.2) is 11.1 Å². The summed E-state index contributed by atoms with van der Waals surface area (Å²) in [5, 5.41) is 9.35. The molecule has 0 heterocycles. The molecule has 0 aromatic heterocycles. The molecule has 1 aromatic rings. The van der Waals surface area contributed by atoms with Gasteiger partial charge in [-0.2, -0.15) is 0 Å². The number of rotatable bonds is 2. The van der Waals surface area contributed by atoms with Crippen molar-refractivity contribution in [3.05, 3.63) is 33.8 Å². The van der Waals surface area contributed by atoms with Gasteiger partial charge in [-0.25, -0.2) is 0 Å². The molecule has 0 radical (unpaired) electrons. The second-order valence-corrected chi connectivity index (χ2v) is 3.39. The van der Waals surface area contributed by atoms with E-state index in [0.29, 0.717) is 15.6 Å². The number of aliphatic carboxylic acids is 1. The van der Waals surface area contributed by atoms with Gasteiger partial charge in [0.2, 0.25) is 0 Å². The summed E-state index contributed by atoms with van der Waals surface area (Å²) in [5.74, 6) is -1.11. The van der Waals surface area contributed by atoms with Gasteiger partial charge in [-0.15, -0.1) is 0 Å². The van der Waals surface area contributed by atoms with Gasteiger partial charge < -0.3 is 10.8 Å². The highest BCUT2D eigenvalue weighted by atomic mass is 35.5. The lowest BCUT2D eigenvalue weighted by Crippen LogP contribution is -2.20. The lowest BCUT2D eigenvalue weighted by molar-refractivity contribution is -0.138. The van der Waals surface area contributed by atoms with Crippen LogP contribution in [0.4, 0.5) is 0 Å². The molecule has 0 bridgehead atoms. The Morgan fingerprint density at radius 2 is 1.77 bits per heavy atom. The first-order valence-corrected chi connectivity index (χ1v) is 4.20. The van der Waals surface area contributed by atoms with Crippen molar-refractivity contribution in [2.24, 2.45) is 5.73 Å². The van der Waals surface area contributed by atoms with Crippen LogP contribution in [0.2, 0.25) is 10.0 Å². The zero-order valence-corrected chi connectivity index (χ0v) is 8.01. The van der Waals surface area contributed by atoms with Gasteiger partial charge in [0.1, 0.15) is 6.04 Å². The third kappa shape index (κ3) is 2.59. The molecule has 5 heteroatoms. The average molecular weight is 220 g/mol. The molecule has 0 aliphatic carbocycles. The molecule has 13 heavy (non-hydrogen) atoms. The minimum Gasteiger partial charge on any atom is -0.480 e. The van der Waals surface area contributed by atoms with Crippen molar-refractivity contribution >= 4 is 29.2 Å². The molecule has 1 aromatic carbocycles. The topological polar surface area (TPSA) is 63.3 Å². The Morgan fingerprint density at radius 3 is 2.15 bits per heavy atom. The van der Waals surface area contributed by atoms with E-state index in [1.165, 1.54) is 18.2 Å². The Morgan fingerprint density at radius 1 is 1.31 bits per heavy atom. The number of hydrogen-bond donors (Lipinski definition) is 2. The molecule has 0 aliphatic heterocycles. The van der Waals surface area contributed by atoms with Gasteiger partial charge in [0.25, 0.3) is 0 Å². The van der Waals surface area contributed by atoms with Crippen molar-refractivity contribution in [1.29, 1.82) is 0 Å². The maximum atomic E-state index is 10.5. The summed E-state index contributed by atoms with van der Waals surface area (Å²) in [7, 11) is 0. The summed E-state index contributed by atoms with van der Waals surface area (Å²) in [6.07, 6.45) is 0. The van der Waals surface area contributed by atoms with Crippen molar-refractivity contribution in [1.82, 2.24) is 0 Å². The Hall–Kier alpha value is -0.770. The van der Waals surface area contributed by atoms with E-state index in [1.54, 1.807) is 0 Å². The fourth-order valence-electron chi connectivity index (χ4n) is 0.897. The molecule has 3 N–H and O–H groups in total. The van der Waals surface area contributed by atoms with E-state index in [2.05, 4.69) is 0 Å². The molecule has 70 valence electrons. The van der Waals surface area contributed by atoms with E-state index in [1.807, 2.05) is 0 Å². The molecule has 1 atom stereocenters. The first-order valence-electron chi connectivity index (χ1n) is 3.45. The standard InChI is InChI=1S/C8H7Cl2NO2/c9-5-1-4(2-6(10)3-5)7(11)8(12)13/h1-3,7H,11H2,(H,12,13). The predicted octanol–water partition coefficient (Wildman–Crippen LogP) is 2.08. The first kappa shape index (κ1) is 10.3. The molecule has 3 nitrogen and oxygen atoms in total. The zero-order valence-electron chi connectivity index (χ0n) is 6.50. The van der Waals surface area contributed by atoms with Crippen LogP contribution in [0.25, 0.3) is 0 Å². The van der Waals surface area contributed by atoms with Crippen molar-refractivity contribution < 1.29 is 9.90 Å². The Balaban J connectivity index is 3.07. The smallest absolute Gasteiger partial charge is 0.325 e. The maximum absolute atomic E-state index is 10.5. The number of carboxylic acids is 1. The molecule has 0 saturated heterocycles. The van der Waals surface area contributed by atoms with E-state index in [0.717, 1.165) is 0 Å². The molecule has 1 rings (SSSR count). The fraction of sp³-hybridized carbons (Fsp3) is 0.125. The SMILES string of the molecule is NC(C(=O)O)c1cc(Cl)cc(Cl)c1. The predicted molar refractivity (Wildman–Crippen MR) is 51.0 cm³/mol. The monoisotopic (exact) mass is 219 g/mol. The van der Waals surface area contributed by atoms with E-state index in [4.69, 9.17) is 34.0 Å². The van der Waals surface area contributed by atoms with Gasteiger partial charge in [0.15, 0.2) is 0 Å². The summed E-state index contributed by atoms with van der Waals surface area (Å²) < 4.78 is 0. The number of carboxylic acid groups (broad SMARTS) is 1. The Labute approximate surface area is 85.1 Å². The molecule has 0 fully saturated rings. The quantitative estimate of drug-likeness (QED) is 0.801. The Bertz CT molecular complexity index is 321. The van der Waals surface area contributed by atoms with Gasteiger partial charge in [0.05, 0.1) is 0 Å². The van der Waals surface area contributed by atoms with Crippen molar-refractivity contribution in [3.8, 4) is 0 Å². The second kappa shape index (κ2) is 3.96. The lowest BCUT2D eigenvalue weighted by Gasteiger charge is -2.07. The van der Waals surface area contributed by atoms with Crippen molar-refractivity contribution in [2.45, 2.75) is 6.04 Å². The van der Waals surface area contributed by atoms with Crippen LogP contribution in [-0.2, 0) is 4.79 Å². The Kier molecular flexibility index (Phi) is 3.14. The summed E-state index contributed by atoms with van der Waals surface area (Å²) in [6, 6.07) is 3.38. The normalized spacial score (nSPS) is 12.5. The van der Waals surface area contributed by atoms with Gasteiger partial charge in [-0.3, -0.25) is 4.79 Å². The van der Waals surface area contributed by atoms with E-state index in [9.17, 15) is 4.79 Å². The van der Waals surface area contributed by atoms with Crippen LogP contribution in [0.15, 0.2) is 18.2 Å². The summed E-state index contributed by atoms with van der Waals surface area (Å²) in [4.78, 5) is 10.5. The number of nitrogens with two attached hydrogens (primary N) is 1. The minimum atomic E-state index is -1.11. The highest BCUT2D eigenvalue weighted by molar-refractivity contribution is 6.34. The summed E-state index contributed by atoms with van der Waals surface area (Å²) in [6.45, 7) is 0. The highest BCUT2D eigenvalue weighted by Crippen LogP contribution is 2.22. The minimum absolute atomic E-state index is 0.374. The van der Waals surface area contributed by atoms with E-state index >= 15 is 0 Å². The van der Waals surface area contributed by atoms with Crippen LogP contribution in [0.5, 0.6) is 0 Å². The number of hydrogen-bond acceptors (Lipinski definition) is 2. The first-order chi connectivity index (χ1) is 6.00. The highest BCUT2D eigenvalue weighted by Gasteiger charge is 2.14. The second-order valence-electron chi connectivity index (χ2n) is 2.52. The molecule has 0 amide bonds. The molecular formula is C8H7Cl2NO2. The van der Waals surface area contributed by atoms with E-state index in [-0.39, 0.29) is 0 Å². The number of halogens is 2. The molecule has 1 unspecified atom stereocenters. The third-order valence-electron chi connectivity index (χ3n) is 1.51. The summed E-state index contributed by atoms with van der Waals surface area (Å²) in [5.41, 5.74) is 5.75. The van der Waals surface area contributed by atoms with Crippen LogP contribution in [0.3, 0.4) is 0 Å². The largest absolute Gasteiger partial charge is 0.480 e. The van der Waals surface area contributed by atoms with Crippen LogP contribution in [0, 0.1) is 0 Å². The molecule has 0 saturated carbocycles. The fourth-order valence-corrected chi connectivity index (χ4v) is 1.44. The average Bonchev–Trinajstić information content (AvgIpc) is 2.01. The van der Waals surface area contributed by atoms with Gasteiger partial charge in [-0.1, -0.05) is 23.2 Å². The molecular weight excluding hydrogens is 213 g/mol. The zero-order chi connectivity index (χ0) is 10.0. The van der Waals surface area contributed by atoms with Crippen molar-refractivity contribution in [2.75, 3.05) is 0 Å².